The standard InChI is InChI=1S/C16H17FN2O/c1-16(2,13-7-5-9-18-11-13)19-15(20)10-12-6-3-4-8-14(12)17/h3-9,11H,10H2,1-2H3,(H,19,20). The van der Waals surface area contributed by atoms with Gasteiger partial charge in [-0.25, -0.2) is 4.39 Å². The molecular weight excluding hydrogens is 255 g/mol. The predicted octanol–water partition coefficient (Wildman–Crippen LogP) is 2.81. The molecule has 20 heavy (non-hydrogen) atoms. The Labute approximate surface area is 117 Å². The Morgan fingerprint density at radius 1 is 1.25 bits per heavy atom. The van der Waals surface area contributed by atoms with Gasteiger partial charge in [0.2, 0.25) is 5.91 Å². The summed E-state index contributed by atoms with van der Waals surface area (Å²) in [5.74, 6) is -0.578. The molecule has 0 spiro atoms. The van der Waals surface area contributed by atoms with Gasteiger partial charge >= 0.3 is 0 Å². The number of aromatic nitrogens is 1. The number of hydrogen-bond donors (Lipinski definition) is 1. The Kier molecular flexibility index (Phi) is 4.13. The van der Waals surface area contributed by atoms with Crippen LogP contribution in [0, 0.1) is 5.82 Å². The number of pyridine rings is 1. The molecule has 0 saturated heterocycles. The fourth-order valence-corrected chi connectivity index (χ4v) is 2.01. The quantitative estimate of drug-likeness (QED) is 0.930. The second-order valence-electron chi connectivity index (χ2n) is 5.18. The van der Waals surface area contributed by atoms with Crippen molar-refractivity contribution in [2.45, 2.75) is 25.8 Å². The molecule has 3 nitrogen and oxygen atoms in total. The van der Waals surface area contributed by atoms with Crippen LogP contribution in [0.15, 0.2) is 48.8 Å². The van der Waals surface area contributed by atoms with E-state index in [9.17, 15) is 9.18 Å². The van der Waals surface area contributed by atoms with E-state index in [4.69, 9.17) is 0 Å². The van der Waals surface area contributed by atoms with Gasteiger partial charge in [0, 0.05) is 12.4 Å². The highest BCUT2D eigenvalue weighted by Crippen LogP contribution is 2.19. The summed E-state index contributed by atoms with van der Waals surface area (Å²) in [6, 6.07) is 10.0. The summed E-state index contributed by atoms with van der Waals surface area (Å²) in [5, 5.41) is 2.90. The number of hydrogen-bond acceptors (Lipinski definition) is 2. The predicted molar refractivity (Wildman–Crippen MR) is 75.5 cm³/mol. The minimum absolute atomic E-state index is 0.0242. The van der Waals surface area contributed by atoms with Crippen molar-refractivity contribution in [3.8, 4) is 0 Å². The molecule has 0 aliphatic rings. The molecule has 0 atom stereocenters. The van der Waals surface area contributed by atoms with E-state index in [1.165, 1.54) is 6.07 Å². The molecule has 0 aliphatic heterocycles. The van der Waals surface area contributed by atoms with Crippen molar-refractivity contribution < 1.29 is 9.18 Å². The van der Waals surface area contributed by atoms with Crippen LogP contribution in [-0.2, 0) is 16.8 Å². The molecule has 2 rings (SSSR count). The summed E-state index contributed by atoms with van der Waals surface area (Å²) in [5.41, 5.74) is 0.755. The number of carbonyl (C=O) groups excluding carboxylic acids is 1. The second-order valence-corrected chi connectivity index (χ2v) is 5.18. The van der Waals surface area contributed by atoms with Crippen molar-refractivity contribution in [2.75, 3.05) is 0 Å². The van der Waals surface area contributed by atoms with Gasteiger partial charge in [0.15, 0.2) is 0 Å². The van der Waals surface area contributed by atoms with Crippen LogP contribution in [0.5, 0.6) is 0 Å². The van der Waals surface area contributed by atoms with Crippen LogP contribution >= 0.6 is 0 Å². The van der Waals surface area contributed by atoms with Crippen molar-refractivity contribution in [1.29, 1.82) is 0 Å². The highest BCUT2D eigenvalue weighted by atomic mass is 19.1. The van der Waals surface area contributed by atoms with Crippen LogP contribution in [-0.4, -0.2) is 10.9 Å². The Hall–Kier alpha value is -2.23. The first-order valence-electron chi connectivity index (χ1n) is 6.44. The Balaban J connectivity index is 2.07. The lowest BCUT2D eigenvalue weighted by molar-refractivity contribution is -0.122. The zero-order valence-electron chi connectivity index (χ0n) is 11.6. The molecule has 1 N–H and O–H groups in total. The van der Waals surface area contributed by atoms with Crippen LogP contribution < -0.4 is 5.32 Å². The molecule has 1 aromatic heterocycles. The number of amides is 1. The minimum atomic E-state index is -0.545. The summed E-state index contributed by atoms with van der Waals surface area (Å²) in [6.45, 7) is 3.78. The summed E-state index contributed by atoms with van der Waals surface area (Å²) < 4.78 is 13.5. The summed E-state index contributed by atoms with van der Waals surface area (Å²) in [7, 11) is 0. The van der Waals surface area contributed by atoms with Crippen LogP contribution in [0.2, 0.25) is 0 Å². The Morgan fingerprint density at radius 2 is 2.00 bits per heavy atom. The lowest BCUT2D eigenvalue weighted by Crippen LogP contribution is -2.41. The Morgan fingerprint density at radius 3 is 2.65 bits per heavy atom. The monoisotopic (exact) mass is 272 g/mol. The third-order valence-electron chi connectivity index (χ3n) is 3.14. The SMILES string of the molecule is CC(C)(NC(=O)Cc1ccccc1F)c1cccnc1. The van der Waals surface area contributed by atoms with E-state index in [0.717, 1.165) is 5.56 Å². The van der Waals surface area contributed by atoms with Gasteiger partial charge in [-0.3, -0.25) is 9.78 Å². The number of benzene rings is 1. The second kappa shape index (κ2) is 5.82. The molecule has 0 bridgehead atoms. The van der Waals surface area contributed by atoms with Crippen LogP contribution in [0.1, 0.15) is 25.0 Å². The fraction of sp³-hybridized carbons (Fsp3) is 0.250. The molecular formula is C16H17FN2O. The van der Waals surface area contributed by atoms with E-state index < -0.39 is 5.54 Å². The van der Waals surface area contributed by atoms with E-state index in [1.807, 2.05) is 26.0 Å². The summed E-state index contributed by atoms with van der Waals surface area (Å²) in [4.78, 5) is 16.1. The zero-order chi connectivity index (χ0) is 14.6. The first-order chi connectivity index (χ1) is 9.49. The molecule has 1 amide bonds. The van der Waals surface area contributed by atoms with E-state index in [-0.39, 0.29) is 18.1 Å². The largest absolute Gasteiger partial charge is 0.347 e. The van der Waals surface area contributed by atoms with Gasteiger partial charge < -0.3 is 5.32 Å². The number of rotatable bonds is 4. The molecule has 0 aliphatic carbocycles. The molecule has 0 fully saturated rings. The highest BCUT2D eigenvalue weighted by molar-refractivity contribution is 5.79. The fourth-order valence-electron chi connectivity index (χ4n) is 2.01. The molecule has 0 unspecified atom stereocenters. The van der Waals surface area contributed by atoms with E-state index in [0.29, 0.717) is 5.56 Å². The minimum Gasteiger partial charge on any atom is -0.347 e. The molecule has 4 heteroatoms. The average molecular weight is 272 g/mol. The lowest BCUT2D eigenvalue weighted by atomic mass is 9.95. The van der Waals surface area contributed by atoms with Crippen LogP contribution in [0.4, 0.5) is 4.39 Å². The number of nitrogens with one attached hydrogen (secondary N) is 1. The third-order valence-corrected chi connectivity index (χ3v) is 3.14. The molecule has 1 aromatic carbocycles. The molecule has 104 valence electrons. The third kappa shape index (κ3) is 3.41. The van der Waals surface area contributed by atoms with E-state index >= 15 is 0 Å². The van der Waals surface area contributed by atoms with Gasteiger partial charge in [0.05, 0.1) is 12.0 Å². The van der Waals surface area contributed by atoms with Gasteiger partial charge in [0.1, 0.15) is 5.82 Å². The van der Waals surface area contributed by atoms with E-state index in [2.05, 4.69) is 10.3 Å². The number of nitrogens with zero attached hydrogens (tertiary/aromatic N) is 1. The summed E-state index contributed by atoms with van der Waals surface area (Å²) >= 11 is 0. The van der Waals surface area contributed by atoms with Gasteiger partial charge in [-0.05, 0) is 37.1 Å². The van der Waals surface area contributed by atoms with E-state index in [1.54, 1.807) is 30.6 Å². The van der Waals surface area contributed by atoms with Gasteiger partial charge in [0.25, 0.3) is 0 Å². The normalized spacial score (nSPS) is 11.2. The molecule has 0 saturated carbocycles. The number of halogens is 1. The smallest absolute Gasteiger partial charge is 0.225 e. The molecule has 2 aromatic rings. The van der Waals surface area contributed by atoms with Crippen LogP contribution in [0.3, 0.4) is 0 Å². The van der Waals surface area contributed by atoms with Gasteiger partial charge in [-0.15, -0.1) is 0 Å². The zero-order valence-corrected chi connectivity index (χ0v) is 11.6. The summed E-state index contributed by atoms with van der Waals surface area (Å²) in [6.07, 6.45) is 3.42. The highest BCUT2D eigenvalue weighted by Gasteiger charge is 2.23. The maximum atomic E-state index is 13.5. The molecule has 0 radical (unpaired) electrons. The van der Waals surface area contributed by atoms with Crippen molar-refractivity contribution in [1.82, 2.24) is 10.3 Å². The Bertz CT molecular complexity index is 596. The van der Waals surface area contributed by atoms with Crippen molar-refractivity contribution in [3.63, 3.8) is 0 Å². The van der Waals surface area contributed by atoms with Crippen molar-refractivity contribution in [3.05, 3.63) is 65.7 Å². The average Bonchev–Trinajstić information content (AvgIpc) is 2.42. The lowest BCUT2D eigenvalue weighted by Gasteiger charge is -2.26. The van der Waals surface area contributed by atoms with Crippen molar-refractivity contribution in [2.24, 2.45) is 0 Å². The van der Waals surface area contributed by atoms with Crippen molar-refractivity contribution >= 4 is 5.91 Å². The number of carbonyl (C=O) groups is 1. The topological polar surface area (TPSA) is 42.0 Å². The van der Waals surface area contributed by atoms with Crippen LogP contribution in [0.25, 0.3) is 0 Å². The first kappa shape index (κ1) is 14.2. The first-order valence-corrected chi connectivity index (χ1v) is 6.44. The maximum absolute atomic E-state index is 13.5. The van der Waals surface area contributed by atoms with Gasteiger partial charge in [-0.1, -0.05) is 24.3 Å². The maximum Gasteiger partial charge on any atom is 0.225 e. The molecule has 1 heterocycles. The van der Waals surface area contributed by atoms with Gasteiger partial charge in [-0.2, -0.15) is 0 Å².